The maximum Gasteiger partial charge on any atom is 0.354 e. The molecule has 0 aliphatic rings. The number of carboxylic acid groups (broad SMARTS) is 1. The molecule has 1 heterocycles. The van der Waals surface area contributed by atoms with Crippen molar-refractivity contribution < 1.29 is 14.7 Å². The van der Waals surface area contributed by atoms with Crippen LogP contribution in [-0.4, -0.2) is 26.4 Å². The van der Waals surface area contributed by atoms with Gasteiger partial charge in [0.05, 0.1) is 11.9 Å². The Morgan fingerprint density at radius 3 is 2.48 bits per heavy atom. The predicted octanol–water partition coefficient (Wildman–Crippen LogP) is 2.90. The molecule has 0 atom stereocenters. The van der Waals surface area contributed by atoms with E-state index in [0.717, 1.165) is 5.56 Å². The van der Waals surface area contributed by atoms with Gasteiger partial charge in [0.15, 0.2) is 11.5 Å². The molecule has 0 fully saturated rings. The van der Waals surface area contributed by atoms with Crippen LogP contribution in [0.15, 0.2) is 24.4 Å². The summed E-state index contributed by atoms with van der Waals surface area (Å²) >= 11 is 0. The highest BCUT2D eigenvalue weighted by Gasteiger charge is 2.21. The van der Waals surface area contributed by atoms with Crippen molar-refractivity contribution >= 4 is 11.8 Å². The Balaban J connectivity index is 2.86. The molecule has 0 radical (unpaired) electrons. The lowest BCUT2D eigenvalue weighted by Gasteiger charge is -2.17. The van der Waals surface area contributed by atoms with Crippen LogP contribution >= 0.6 is 0 Å². The van der Waals surface area contributed by atoms with Crippen molar-refractivity contribution in [3.63, 3.8) is 0 Å². The van der Waals surface area contributed by atoms with Gasteiger partial charge in [-0.3, -0.25) is 9.36 Å². The summed E-state index contributed by atoms with van der Waals surface area (Å²) in [7, 11) is 0. The number of aromatic nitrogens is 2. The number of Topliss-reactive ketones (excluding diaryl/α,β-unsaturated/α-hetero) is 1. The lowest BCUT2D eigenvalue weighted by Crippen LogP contribution is -2.14. The number of aromatic carboxylic acids is 1. The van der Waals surface area contributed by atoms with Gasteiger partial charge in [-0.25, -0.2) is 9.78 Å². The number of carbonyl (C=O) groups is 2. The van der Waals surface area contributed by atoms with Crippen LogP contribution in [-0.2, 0) is 12.8 Å². The lowest BCUT2D eigenvalue weighted by atomic mass is 10.0. The zero-order valence-corrected chi connectivity index (χ0v) is 12.4. The second-order valence-corrected chi connectivity index (χ2v) is 4.78. The van der Waals surface area contributed by atoms with Gasteiger partial charge in [0, 0.05) is 12.0 Å². The molecule has 1 aromatic heterocycles. The molecular weight excluding hydrogens is 268 g/mol. The normalized spacial score (nSPS) is 10.6. The van der Waals surface area contributed by atoms with Gasteiger partial charge in [0.25, 0.3) is 0 Å². The summed E-state index contributed by atoms with van der Waals surface area (Å²) in [6.07, 6.45) is 2.64. The molecule has 2 rings (SSSR count). The van der Waals surface area contributed by atoms with Gasteiger partial charge < -0.3 is 5.11 Å². The van der Waals surface area contributed by atoms with Gasteiger partial charge in [-0.2, -0.15) is 0 Å². The summed E-state index contributed by atoms with van der Waals surface area (Å²) in [5.41, 5.74) is 2.16. The lowest BCUT2D eigenvalue weighted by molar-refractivity contribution is 0.0687. The Bertz CT molecular complexity index is 702. The van der Waals surface area contributed by atoms with Crippen LogP contribution in [0.25, 0.3) is 5.69 Å². The number of hydrogen-bond acceptors (Lipinski definition) is 3. The molecule has 0 amide bonds. The second kappa shape index (κ2) is 5.91. The molecule has 0 spiro atoms. The molecule has 2 aromatic rings. The van der Waals surface area contributed by atoms with E-state index in [9.17, 15) is 14.7 Å². The highest BCUT2D eigenvalue weighted by molar-refractivity contribution is 5.99. The molecule has 0 aliphatic heterocycles. The van der Waals surface area contributed by atoms with E-state index in [1.165, 1.54) is 13.1 Å². The number of hydrogen-bond donors (Lipinski definition) is 1. The first-order valence-electron chi connectivity index (χ1n) is 6.94. The van der Waals surface area contributed by atoms with E-state index in [4.69, 9.17) is 0 Å². The fourth-order valence-corrected chi connectivity index (χ4v) is 2.46. The van der Waals surface area contributed by atoms with Crippen molar-refractivity contribution in [2.75, 3.05) is 0 Å². The fourth-order valence-electron chi connectivity index (χ4n) is 2.46. The summed E-state index contributed by atoms with van der Waals surface area (Å²) in [5, 5.41) is 9.38. The van der Waals surface area contributed by atoms with E-state index >= 15 is 0 Å². The van der Waals surface area contributed by atoms with Crippen molar-refractivity contribution in [3.05, 3.63) is 47.0 Å². The van der Waals surface area contributed by atoms with Crippen LogP contribution in [0.5, 0.6) is 0 Å². The number of carbonyl (C=O) groups excluding carboxylic acids is 1. The van der Waals surface area contributed by atoms with Gasteiger partial charge in [-0.15, -0.1) is 0 Å². The minimum atomic E-state index is -1.05. The molecule has 21 heavy (non-hydrogen) atoms. The number of aryl methyl sites for hydroxylation is 2. The third-order valence-electron chi connectivity index (χ3n) is 3.47. The predicted molar refractivity (Wildman–Crippen MR) is 79.3 cm³/mol. The molecule has 0 aliphatic carbocycles. The van der Waals surface area contributed by atoms with Gasteiger partial charge >= 0.3 is 5.97 Å². The number of benzene rings is 1. The molecule has 0 saturated carbocycles. The Kier molecular flexibility index (Phi) is 4.21. The number of nitrogens with zero attached hydrogens (tertiary/aromatic N) is 2. The monoisotopic (exact) mass is 286 g/mol. The van der Waals surface area contributed by atoms with Crippen LogP contribution in [0.3, 0.4) is 0 Å². The first kappa shape index (κ1) is 15.0. The topological polar surface area (TPSA) is 72.2 Å². The Hall–Kier alpha value is -2.43. The first-order chi connectivity index (χ1) is 10.0. The van der Waals surface area contributed by atoms with E-state index in [1.54, 1.807) is 10.6 Å². The van der Waals surface area contributed by atoms with Gasteiger partial charge in [-0.05, 0) is 25.0 Å². The van der Waals surface area contributed by atoms with E-state index in [-0.39, 0.29) is 11.5 Å². The summed E-state index contributed by atoms with van der Waals surface area (Å²) in [6.45, 7) is 5.37. The molecule has 0 bridgehead atoms. The molecule has 0 saturated heterocycles. The van der Waals surface area contributed by atoms with Crippen molar-refractivity contribution in [2.45, 2.75) is 33.6 Å². The quantitative estimate of drug-likeness (QED) is 0.858. The number of imidazole rings is 1. The standard InChI is InChI=1S/C16H18N2O3/c1-4-11-7-6-8-12(10(3)19)15(11)18-13(16(20)21)9-17-14(18)5-2/h6-9H,4-5H2,1-3H3,(H,20,21). The minimum Gasteiger partial charge on any atom is -0.477 e. The maximum atomic E-state index is 11.9. The fraction of sp³-hybridized carbons (Fsp3) is 0.312. The molecular formula is C16H18N2O3. The first-order valence-corrected chi connectivity index (χ1v) is 6.94. The number of rotatable bonds is 5. The van der Waals surface area contributed by atoms with E-state index in [0.29, 0.717) is 29.9 Å². The minimum absolute atomic E-state index is 0.0789. The number of ketones is 1. The average molecular weight is 286 g/mol. The van der Waals surface area contributed by atoms with Gasteiger partial charge in [0.1, 0.15) is 5.82 Å². The summed E-state index contributed by atoms with van der Waals surface area (Å²) in [6, 6.07) is 5.46. The highest BCUT2D eigenvalue weighted by atomic mass is 16.4. The van der Waals surface area contributed by atoms with Gasteiger partial charge in [0.2, 0.25) is 0 Å². The zero-order valence-electron chi connectivity index (χ0n) is 12.4. The van der Waals surface area contributed by atoms with Crippen LogP contribution < -0.4 is 0 Å². The summed E-state index contributed by atoms with van der Waals surface area (Å²) in [4.78, 5) is 27.6. The number of para-hydroxylation sites is 1. The van der Waals surface area contributed by atoms with Crippen molar-refractivity contribution in [1.82, 2.24) is 9.55 Å². The van der Waals surface area contributed by atoms with E-state index in [1.807, 2.05) is 26.0 Å². The smallest absolute Gasteiger partial charge is 0.354 e. The van der Waals surface area contributed by atoms with Gasteiger partial charge in [-0.1, -0.05) is 26.0 Å². The highest BCUT2D eigenvalue weighted by Crippen LogP contribution is 2.25. The average Bonchev–Trinajstić information content (AvgIpc) is 2.89. The third-order valence-corrected chi connectivity index (χ3v) is 3.47. The molecule has 0 unspecified atom stereocenters. The second-order valence-electron chi connectivity index (χ2n) is 4.78. The van der Waals surface area contributed by atoms with Crippen LogP contribution in [0.1, 0.15) is 53.0 Å². The van der Waals surface area contributed by atoms with E-state index in [2.05, 4.69) is 4.98 Å². The van der Waals surface area contributed by atoms with Crippen molar-refractivity contribution in [3.8, 4) is 5.69 Å². The SMILES string of the molecule is CCc1cccc(C(C)=O)c1-n1c(C(=O)O)cnc1CC. The number of carboxylic acids is 1. The summed E-state index contributed by atoms with van der Waals surface area (Å²) in [5.74, 6) is -0.509. The van der Waals surface area contributed by atoms with Crippen LogP contribution in [0, 0.1) is 0 Å². The molecule has 5 nitrogen and oxygen atoms in total. The third kappa shape index (κ3) is 2.59. The Morgan fingerprint density at radius 2 is 1.95 bits per heavy atom. The largest absolute Gasteiger partial charge is 0.477 e. The maximum absolute atomic E-state index is 11.9. The van der Waals surface area contributed by atoms with Crippen molar-refractivity contribution in [1.29, 1.82) is 0 Å². The molecule has 110 valence electrons. The molecule has 1 aromatic carbocycles. The van der Waals surface area contributed by atoms with Crippen molar-refractivity contribution in [2.24, 2.45) is 0 Å². The van der Waals surface area contributed by atoms with E-state index < -0.39 is 5.97 Å². The Labute approximate surface area is 123 Å². The zero-order chi connectivity index (χ0) is 15.6. The summed E-state index contributed by atoms with van der Waals surface area (Å²) < 4.78 is 1.60. The molecule has 1 N–H and O–H groups in total. The van der Waals surface area contributed by atoms with Crippen LogP contribution in [0.4, 0.5) is 0 Å². The molecule has 5 heteroatoms. The van der Waals surface area contributed by atoms with Crippen LogP contribution in [0.2, 0.25) is 0 Å². The Morgan fingerprint density at radius 1 is 1.24 bits per heavy atom.